The van der Waals surface area contributed by atoms with Gasteiger partial charge in [-0.3, -0.25) is 19.5 Å². The van der Waals surface area contributed by atoms with Crippen molar-refractivity contribution >= 4 is 0 Å². The summed E-state index contributed by atoms with van der Waals surface area (Å²) >= 11 is 0. The lowest BCUT2D eigenvalue weighted by atomic mass is 10.2. The highest BCUT2D eigenvalue weighted by Crippen LogP contribution is 2.34. The Kier molecular flexibility index (Phi) is 2.08. The number of fused-ring (bicyclic) bond motifs is 3. The van der Waals surface area contributed by atoms with Crippen molar-refractivity contribution in [3.05, 3.63) is 43.2 Å². The van der Waals surface area contributed by atoms with Crippen LogP contribution < -0.4 is 4.74 Å². The van der Waals surface area contributed by atoms with Crippen molar-refractivity contribution in [3.8, 4) is 28.5 Å². The van der Waals surface area contributed by atoms with Gasteiger partial charge in [0.2, 0.25) is 0 Å². The Morgan fingerprint density at radius 2 is 1.95 bits per heavy atom. The Morgan fingerprint density at radius 3 is 2.84 bits per heavy atom. The van der Waals surface area contributed by atoms with Crippen LogP contribution in [0.1, 0.15) is 0 Å². The molecular formula is C13H9N5O. The molecule has 0 amide bonds. The number of nitrogens with zero attached hydrogens (tertiary/aromatic N) is 5. The largest absolute Gasteiger partial charge is 0.472 e. The van der Waals surface area contributed by atoms with Crippen LogP contribution in [0.2, 0.25) is 0 Å². The second-order valence-electron chi connectivity index (χ2n) is 4.13. The minimum Gasteiger partial charge on any atom is -0.472 e. The van der Waals surface area contributed by atoms with E-state index < -0.39 is 0 Å². The molecule has 3 aromatic heterocycles. The normalized spacial score (nSPS) is 12.4. The minimum absolute atomic E-state index is 0.415. The van der Waals surface area contributed by atoms with E-state index in [-0.39, 0.29) is 0 Å². The molecule has 1 aliphatic heterocycles. The SMILES string of the molecule is c1cnc(-c2cnc3n2COc2ccncc2-3)cn1. The number of pyridine rings is 1. The van der Waals surface area contributed by atoms with E-state index in [9.17, 15) is 0 Å². The monoisotopic (exact) mass is 251 g/mol. The molecular weight excluding hydrogens is 242 g/mol. The van der Waals surface area contributed by atoms with Gasteiger partial charge in [0, 0.05) is 24.8 Å². The molecule has 3 aromatic rings. The van der Waals surface area contributed by atoms with Gasteiger partial charge in [-0.15, -0.1) is 0 Å². The molecule has 19 heavy (non-hydrogen) atoms. The predicted molar refractivity (Wildman–Crippen MR) is 67.1 cm³/mol. The number of hydrogen-bond donors (Lipinski definition) is 0. The summed E-state index contributed by atoms with van der Waals surface area (Å²) < 4.78 is 7.67. The third-order valence-corrected chi connectivity index (χ3v) is 3.05. The van der Waals surface area contributed by atoms with E-state index in [1.54, 1.807) is 37.2 Å². The number of ether oxygens (including phenoxy) is 1. The molecule has 6 heteroatoms. The first-order valence-electron chi connectivity index (χ1n) is 5.82. The predicted octanol–water partition coefficient (Wildman–Crippen LogP) is 1.75. The van der Waals surface area contributed by atoms with Crippen molar-refractivity contribution in [2.24, 2.45) is 0 Å². The van der Waals surface area contributed by atoms with Crippen LogP contribution in [0, 0.1) is 0 Å². The standard InChI is InChI=1S/C13H9N5O/c1-2-14-5-9-12(1)19-8-18-11(7-17-13(9)18)10-6-15-3-4-16-10/h1-7H,8H2. The average molecular weight is 251 g/mol. The van der Waals surface area contributed by atoms with E-state index in [2.05, 4.69) is 19.9 Å². The van der Waals surface area contributed by atoms with Gasteiger partial charge in [0.25, 0.3) is 0 Å². The van der Waals surface area contributed by atoms with Crippen LogP contribution in [0.5, 0.6) is 5.75 Å². The first-order valence-corrected chi connectivity index (χ1v) is 5.82. The zero-order valence-corrected chi connectivity index (χ0v) is 9.89. The second-order valence-corrected chi connectivity index (χ2v) is 4.13. The summed E-state index contributed by atoms with van der Waals surface area (Å²) in [6.45, 7) is 0.415. The first kappa shape index (κ1) is 10.2. The van der Waals surface area contributed by atoms with Gasteiger partial charge in [0.1, 0.15) is 17.3 Å². The molecule has 0 aliphatic carbocycles. The van der Waals surface area contributed by atoms with Crippen molar-refractivity contribution in [2.75, 3.05) is 0 Å². The highest BCUT2D eigenvalue weighted by atomic mass is 16.5. The first-order chi connectivity index (χ1) is 9.43. The summed E-state index contributed by atoms with van der Waals surface area (Å²) in [4.78, 5) is 16.9. The van der Waals surface area contributed by atoms with E-state index >= 15 is 0 Å². The summed E-state index contributed by atoms with van der Waals surface area (Å²) in [5, 5.41) is 0. The van der Waals surface area contributed by atoms with Gasteiger partial charge in [-0.2, -0.15) is 0 Å². The van der Waals surface area contributed by atoms with Gasteiger partial charge in [0.05, 0.1) is 23.7 Å². The van der Waals surface area contributed by atoms with Crippen molar-refractivity contribution in [2.45, 2.75) is 6.73 Å². The van der Waals surface area contributed by atoms with Gasteiger partial charge >= 0.3 is 0 Å². The highest BCUT2D eigenvalue weighted by molar-refractivity contribution is 5.68. The summed E-state index contributed by atoms with van der Waals surface area (Å²) in [6.07, 6.45) is 10.3. The molecule has 0 saturated carbocycles. The number of hydrogen-bond acceptors (Lipinski definition) is 5. The molecule has 0 radical (unpaired) electrons. The molecule has 0 fully saturated rings. The molecule has 0 atom stereocenters. The lowest BCUT2D eigenvalue weighted by molar-refractivity contribution is 0.231. The van der Waals surface area contributed by atoms with Gasteiger partial charge in [-0.05, 0) is 6.07 Å². The molecule has 0 saturated heterocycles. The molecule has 4 heterocycles. The Hall–Kier alpha value is -2.76. The van der Waals surface area contributed by atoms with Crippen LogP contribution in [-0.2, 0) is 6.73 Å². The molecule has 0 N–H and O–H groups in total. The summed E-state index contributed by atoms with van der Waals surface area (Å²) in [5.74, 6) is 1.65. The van der Waals surface area contributed by atoms with Crippen molar-refractivity contribution in [1.82, 2.24) is 24.5 Å². The smallest absolute Gasteiger partial charge is 0.167 e. The van der Waals surface area contributed by atoms with E-state index in [1.165, 1.54) is 0 Å². The van der Waals surface area contributed by atoms with E-state index in [0.29, 0.717) is 6.73 Å². The van der Waals surface area contributed by atoms with Crippen LogP contribution in [0.25, 0.3) is 22.8 Å². The molecule has 6 nitrogen and oxygen atoms in total. The highest BCUT2D eigenvalue weighted by Gasteiger charge is 2.22. The quantitative estimate of drug-likeness (QED) is 0.659. The van der Waals surface area contributed by atoms with Crippen molar-refractivity contribution in [3.63, 3.8) is 0 Å². The van der Waals surface area contributed by atoms with Crippen molar-refractivity contribution in [1.29, 1.82) is 0 Å². The van der Waals surface area contributed by atoms with E-state index in [0.717, 1.165) is 28.5 Å². The topological polar surface area (TPSA) is 65.7 Å². The maximum atomic E-state index is 5.71. The summed E-state index contributed by atoms with van der Waals surface area (Å²) in [6, 6.07) is 1.84. The van der Waals surface area contributed by atoms with Gasteiger partial charge in [0.15, 0.2) is 6.73 Å². The molecule has 92 valence electrons. The molecule has 0 spiro atoms. The number of aromatic nitrogens is 5. The van der Waals surface area contributed by atoms with Gasteiger partial charge in [-0.1, -0.05) is 0 Å². The third-order valence-electron chi connectivity index (χ3n) is 3.05. The molecule has 0 unspecified atom stereocenters. The fraction of sp³-hybridized carbons (Fsp3) is 0.0769. The van der Waals surface area contributed by atoms with Crippen LogP contribution in [-0.4, -0.2) is 24.5 Å². The summed E-state index contributed by atoms with van der Waals surface area (Å²) in [7, 11) is 0. The van der Waals surface area contributed by atoms with Crippen molar-refractivity contribution < 1.29 is 4.74 Å². The fourth-order valence-electron chi connectivity index (χ4n) is 2.17. The second kappa shape index (κ2) is 3.88. The third kappa shape index (κ3) is 1.50. The molecule has 4 rings (SSSR count). The maximum absolute atomic E-state index is 5.71. The zero-order valence-electron chi connectivity index (χ0n) is 9.89. The summed E-state index contributed by atoms with van der Waals surface area (Å²) in [5.41, 5.74) is 2.55. The molecule has 1 aliphatic rings. The fourth-order valence-corrected chi connectivity index (χ4v) is 2.17. The number of imidazole rings is 1. The Balaban J connectivity index is 1.91. The zero-order chi connectivity index (χ0) is 12.7. The average Bonchev–Trinajstić information content (AvgIpc) is 2.92. The number of rotatable bonds is 1. The molecule has 0 bridgehead atoms. The Morgan fingerprint density at radius 1 is 1.00 bits per heavy atom. The van der Waals surface area contributed by atoms with Crippen LogP contribution >= 0.6 is 0 Å². The van der Waals surface area contributed by atoms with E-state index in [4.69, 9.17) is 4.74 Å². The maximum Gasteiger partial charge on any atom is 0.167 e. The lowest BCUT2D eigenvalue weighted by Crippen LogP contribution is -2.14. The van der Waals surface area contributed by atoms with Gasteiger partial charge < -0.3 is 4.74 Å². The van der Waals surface area contributed by atoms with Gasteiger partial charge in [-0.25, -0.2) is 4.98 Å². The van der Waals surface area contributed by atoms with Crippen LogP contribution in [0.3, 0.4) is 0 Å². The Bertz CT molecular complexity index is 724. The van der Waals surface area contributed by atoms with Crippen LogP contribution in [0.15, 0.2) is 43.2 Å². The lowest BCUT2D eigenvalue weighted by Gasteiger charge is -2.19. The minimum atomic E-state index is 0.415. The molecule has 0 aromatic carbocycles. The Labute approximate surface area is 108 Å². The van der Waals surface area contributed by atoms with Crippen LogP contribution in [0.4, 0.5) is 0 Å². The van der Waals surface area contributed by atoms with E-state index in [1.807, 2.05) is 10.6 Å².